The number of unbranched alkanes of at least 4 members (excludes halogenated alkanes) is 8. The molecule has 1 amide bonds. The Morgan fingerprint density at radius 3 is 1.71 bits per heavy atom. The third kappa shape index (κ3) is 16.9. The van der Waals surface area contributed by atoms with E-state index in [1.165, 1.54) is 38.5 Å². The molecule has 0 aromatic carbocycles. The Labute approximate surface area is 187 Å². The minimum atomic E-state index is -1.11. The van der Waals surface area contributed by atoms with Crippen molar-refractivity contribution in [3.63, 3.8) is 0 Å². The first-order chi connectivity index (χ1) is 11.0. The second-order valence-electron chi connectivity index (χ2n) is 5.93. The van der Waals surface area contributed by atoms with Gasteiger partial charge in [0.05, 0.1) is 6.42 Å². The van der Waals surface area contributed by atoms with Crippen molar-refractivity contribution < 1.29 is 24.6 Å². The minimum absolute atomic E-state index is 0. The third-order valence-corrected chi connectivity index (χ3v) is 3.77. The summed E-state index contributed by atoms with van der Waals surface area (Å²) < 4.78 is 0. The van der Waals surface area contributed by atoms with Gasteiger partial charge in [-0.1, -0.05) is 58.3 Å². The molecular weight excluding hydrogens is 337 g/mol. The maximum atomic E-state index is 12.0. The van der Waals surface area contributed by atoms with E-state index in [1.54, 1.807) is 0 Å². The van der Waals surface area contributed by atoms with Gasteiger partial charge in [0, 0.05) is 13.0 Å². The maximum absolute atomic E-state index is 12.0. The molecule has 0 atom stereocenters. The topological polar surface area (TPSA) is 94.9 Å². The summed E-state index contributed by atoms with van der Waals surface area (Å²) in [6.45, 7) is 1.72. The van der Waals surface area contributed by atoms with Gasteiger partial charge in [-0.05, 0) is 6.42 Å². The summed E-state index contributed by atoms with van der Waals surface area (Å²) in [6.07, 6.45) is 10.4. The number of carbonyl (C=O) groups excluding carboxylic acids is 1. The molecule has 7 heteroatoms. The molecule has 136 valence electrons. The zero-order valence-electron chi connectivity index (χ0n) is 14.3. The second-order valence-corrected chi connectivity index (χ2v) is 5.93. The number of amides is 1. The average Bonchev–Trinajstić information content (AvgIpc) is 2.49. The molecule has 0 unspecified atom stereocenters. The standard InChI is InChI=1S/C17H31NO5.K.H/c1-2-3-4-5-6-7-8-9-10-11-15(19)18(14-17(22)23)13-12-16(20)21;;/h2-14H2,1H3,(H,20,21)(H,22,23);;. The van der Waals surface area contributed by atoms with Crippen molar-refractivity contribution in [3.05, 3.63) is 0 Å². The molecule has 0 aliphatic heterocycles. The van der Waals surface area contributed by atoms with Crippen molar-refractivity contribution in [2.24, 2.45) is 0 Å². The van der Waals surface area contributed by atoms with Gasteiger partial charge in [0.1, 0.15) is 6.54 Å². The second kappa shape index (κ2) is 17.9. The van der Waals surface area contributed by atoms with Crippen molar-refractivity contribution >= 4 is 69.2 Å². The van der Waals surface area contributed by atoms with E-state index in [4.69, 9.17) is 10.2 Å². The van der Waals surface area contributed by atoms with Gasteiger partial charge in [0.2, 0.25) is 5.91 Å². The first kappa shape index (κ1) is 26.3. The summed E-state index contributed by atoms with van der Waals surface area (Å²) in [7, 11) is 0. The van der Waals surface area contributed by atoms with E-state index in [9.17, 15) is 14.4 Å². The fourth-order valence-electron chi connectivity index (χ4n) is 2.43. The molecule has 0 saturated carbocycles. The first-order valence-corrected chi connectivity index (χ1v) is 8.68. The van der Waals surface area contributed by atoms with Gasteiger partial charge in [-0.3, -0.25) is 14.4 Å². The number of hydrogen-bond acceptors (Lipinski definition) is 3. The third-order valence-electron chi connectivity index (χ3n) is 3.77. The zero-order chi connectivity index (χ0) is 17.5. The molecule has 0 aromatic heterocycles. The molecule has 6 nitrogen and oxygen atoms in total. The zero-order valence-corrected chi connectivity index (χ0v) is 14.3. The predicted molar refractivity (Wildman–Crippen MR) is 95.5 cm³/mol. The van der Waals surface area contributed by atoms with E-state index < -0.39 is 18.5 Å². The number of nitrogens with zero attached hydrogens (tertiary/aromatic N) is 1. The Morgan fingerprint density at radius 1 is 0.750 bits per heavy atom. The summed E-state index contributed by atoms with van der Waals surface area (Å²) in [6, 6.07) is 0. The van der Waals surface area contributed by atoms with Crippen molar-refractivity contribution in [2.75, 3.05) is 13.1 Å². The molecule has 0 aliphatic rings. The number of aliphatic carboxylic acids is 2. The summed E-state index contributed by atoms with van der Waals surface area (Å²) in [5, 5.41) is 17.4. The van der Waals surface area contributed by atoms with E-state index in [2.05, 4.69) is 6.92 Å². The molecule has 0 rings (SSSR count). The Hall–Kier alpha value is 0.0464. The van der Waals surface area contributed by atoms with Gasteiger partial charge in [-0.2, -0.15) is 0 Å². The fraction of sp³-hybridized carbons (Fsp3) is 0.824. The molecular formula is C17H32KNO5. The van der Waals surface area contributed by atoms with Crippen molar-refractivity contribution in [3.8, 4) is 0 Å². The Kier molecular flexibility index (Phi) is 19.6. The van der Waals surface area contributed by atoms with E-state index in [-0.39, 0.29) is 70.3 Å². The summed E-state index contributed by atoms with van der Waals surface area (Å²) in [4.78, 5) is 34.4. The summed E-state index contributed by atoms with van der Waals surface area (Å²) in [5.41, 5.74) is 0. The molecule has 0 fully saturated rings. The molecule has 0 aliphatic carbocycles. The van der Waals surface area contributed by atoms with Crippen LogP contribution in [0.25, 0.3) is 0 Å². The van der Waals surface area contributed by atoms with Crippen molar-refractivity contribution in [1.29, 1.82) is 0 Å². The van der Waals surface area contributed by atoms with E-state index in [1.807, 2.05) is 0 Å². The van der Waals surface area contributed by atoms with Crippen molar-refractivity contribution in [2.45, 2.75) is 77.6 Å². The molecule has 0 heterocycles. The normalized spacial score (nSPS) is 10.0. The summed E-state index contributed by atoms with van der Waals surface area (Å²) >= 11 is 0. The van der Waals surface area contributed by atoms with Crippen LogP contribution in [0.2, 0.25) is 0 Å². The quantitative estimate of drug-likeness (QED) is 0.342. The Bertz CT molecular complexity index is 363. The van der Waals surface area contributed by atoms with Crippen LogP contribution >= 0.6 is 0 Å². The molecule has 2 N–H and O–H groups in total. The van der Waals surface area contributed by atoms with E-state index in [0.717, 1.165) is 24.2 Å². The van der Waals surface area contributed by atoms with E-state index in [0.29, 0.717) is 6.42 Å². The Morgan fingerprint density at radius 2 is 1.25 bits per heavy atom. The van der Waals surface area contributed by atoms with Crippen LogP contribution in [0, 0.1) is 0 Å². The van der Waals surface area contributed by atoms with Crippen LogP contribution in [0.1, 0.15) is 77.6 Å². The number of rotatable bonds is 15. The van der Waals surface area contributed by atoms with Crippen LogP contribution in [0.15, 0.2) is 0 Å². The first-order valence-electron chi connectivity index (χ1n) is 8.68. The average molecular weight is 370 g/mol. The van der Waals surface area contributed by atoms with Gasteiger partial charge >= 0.3 is 63.3 Å². The van der Waals surface area contributed by atoms with Crippen molar-refractivity contribution in [1.82, 2.24) is 4.90 Å². The monoisotopic (exact) mass is 369 g/mol. The SMILES string of the molecule is CCCCCCCCCCCC(=O)N(CCC(=O)O)CC(=O)O.[KH]. The molecule has 0 aromatic rings. The van der Waals surface area contributed by atoms with Crippen LogP contribution in [-0.2, 0) is 14.4 Å². The van der Waals surface area contributed by atoms with Gasteiger partial charge in [-0.25, -0.2) is 0 Å². The van der Waals surface area contributed by atoms with Crippen LogP contribution in [0.5, 0.6) is 0 Å². The van der Waals surface area contributed by atoms with Gasteiger partial charge in [0.25, 0.3) is 0 Å². The fourth-order valence-corrected chi connectivity index (χ4v) is 2.43. The van der Waals surface area contributed by atoms with Crippen LogP contribution in [0.4, 0.5) is 0 Å². The van der Waals surface area contributed by atoms with Crippen LogP contribution < -0.4 is 0 Å². The summed E-state index contributed by atoms with van der Waals surface area (Å²) in [5.74, 6) is -2.41. The molecule has 0 spiro atoms. The molecule has 24 heavy (non-hydrogen) atoms. The van der Waals surface area contributed by atoms with Gasteiger partial charge < -0.3 is 15.1 Å². The number of carbonyl (C=O) groups is 3. The molecule has 0 saturated heterocycles. The van der Waals surface area contributed by atoms with E-state index >= 15 is 0 Å². The molecule has 0 bridgehead atoms. The van der Waals surface area contributed by atoms with Gasteiger partial charge in [0.15, 0.2) is 0 Å². The predicted octanol–water partition coefficient (Wildman–Crippen LogP) is 2.65. The Balaban J connectivity index is 0. The number of carboxylic acids is 2. The van der Waals surface area contributed by atoms with Gasteiger partial charge in [-0.15, -0.1) is 0 Å². The molecule has 0 radical (unpaired) electrons. The van der Waals surface area contributed by atoms with Crippen LogP contribution in [-0.4, -0.2) is 97.4 Å². The van der Waals surface area contributed by atoms with Crippen LogP contribution in [0.3, 0.4) is 0 Å². The number of hydrogen-bond donors (Lipinski definition) is 2. The number of carboxylic acid groups (broad SMARTS) is 2.